The summed E-state index contributed by atoms with van der Waals surface area (Å²) in [4.78, 5) is 41.5. The Morgan fingerprint density at radius 1 is 1.12 bits per heavy atom. The lowest BCUT2D eigenvalue weighted by Crippen LogP contribution is -2.48. The van der Waals surface area contributed by atoms with Crippen LogP contribution in [0.15, 0.2) is 30.3 Å². The van der Waals surface area contributed by atoms with Gasteiger partial charge in [-0.2, -0.15) is 0 Å². The SMILES string of the molecule is O=CN1CCCN(C(=O)[C@H]2CCC(=O)N(CCc3ccccc3)C2)CC1. The third kappa shape index (κ3) is 4.62. The Kier molecular flexibility index (Phi) is 6.26. The molecule has 2 heterocycles. The van der Waals surface area contributed by atoms with E-state index in [1.54, 1.807) is 4.90 Å². The monoisotopic (exact) mass is 357 g/mol. The van der Waals surface area contributed by atoms with E-state index >= 15 is 0 Å². The molecule has 0 radical (unpaired) electrons. The maximum atomic E-state index is 12.9. The lowest BCUT2D eigenvalue weighted by atomic mass is 9.95. The molecule has 0 spiro atoms. The number of rotatable bonds is 5. The zero-order valence-electron chi connectivity index (χ0n) is 15.2. The molecular formula is C20H27N3O3. The number of piperidine rings is 1. The molecule has 6 nitrogen and oxygen atoms in total. The summed E-state index contributed by atoms with van der Waals surface area (Å²) in [6.45, 7) is 3.76. The minimum atomic E-state index is -0.119. The number of likely N-dealkylation sites (tertiary alicyclic amines) is 1. The van der Waals surface area contributed by atoms with Crippen molar-refractivity contribution in [2.24, 2.45) is 5.92 Å². The molecule has 140 valence electrons. The molecule has 26 heavy (non-hydrogen) atoms. The fourth-order valence-corrected chi connectivity index (χ4v) is 3.76. The van der Waals surface area contributed by atoms with E-state index in [9.17, 15) is 14.4 Å². The highest BCUT2D eigenvalue weighted by molar-refractivity contribution is 5.84. The van der Waals surface area contributed by atoms with Gasteiger partial charge >= 0.3 is 0 Å². The van der Waals surface area contributed by atoms with Crippen molar-refractivity contribution in [3.05, 3.63) is 35.9 Å². The minimum Gasteiger partial charge on any atom is -0.343 e. The Hall–Kier alpha value is -2.37. The molecule has 2 aliphatic rings. The summed E-state index contributed by atoms with van der Waals surface area (Å²) in [6.07, 6.45) is 3.56. The van der Waals surface area contributed by atoms with Gasteiger partial charge in [0.15, 0.2) is 0 Å². The Labute approximate surface area is 154 Å². The van der Waals surface area contributed by atoms with Gasteiger partial charge in [0.1, 0.15) is 0 Å². The normalized spacial score (nSPS) is 21.5. The van der Waals surface area contributed by atoms with Gasteiger partial charge in [-0.05, 0) is 24.8 Å². The quantitative estimate of drug-likeness (QED) is 0.743. The highest BCUT2D eigenvalue weighted by Gasteiger charge is 2.33. The van der Waals surface area contributed by atoms with Crippen molar-refractivity contribution in [3.63, 3.8) is 0 Å². The van der Waals surface area contributed by atoms with Gasteiger partial charge in [0.05, 0.1) is 5.92 Å². The maximum Gasteiger partial charge on any atom is 0.227 e. The first-order valence-corrected chi connectivity index (χ1v) is 9.47. The van der Waals surface area contributed by atoms with Crippen LogP contribution in [0.25, 0.3) is 0 Å². The van der Waals surface area contributed by atoms with E-state index in [4.69, 9.17) is 0 Å². The number of hydrogen-bond donors (Lipinski definition) is 0. The van der Waals surface area contributed by atoms with Crippen LogP contribution in [-0.2, 0) is 20.8 Å². The predicted octanol–water partition coefficient (Wildman–Crippen LogP) is 1.16. The zero-order valence-corrected chi connectivity index (χ0v) is 15.2. The van der Waals surface area contributed by atoms with E-state index < -0.39 is 0 Å². The summed E-state index contributed by atoms with van der Waals surface area (Å²) in [6, 6.07) is 10.1. The second kappa shape index (κ2) is 8.83. The van der Waals surface area contributed by atoms with Gasteiger partial charge in [-0.1, -0.05) is 30.3 Å². The average molecular weight is 357 g/mol. The van der Waals surface area contributed by atoms with Gasteiger partial charge in [0.2, 0.25) is 18.2 Å². The topological polar surface area (TPSA) is 60.9 Å². The lowest BCUT2D eigenvalue weighted by Gasteiger charge is -2.34. The molecule has 0 aromatic heterocycles. The molecule has 0 saturated carbocycles. The lowest BCUT2D eigenvalue weighted by molar-refractivity contribution is -0.143. The third-order valence-electron chi connectivity index (χ3n) is 5.35. The van der Waals surface area contributed by atoms with Crippen molar-refractivity contribution in [3.8, 4) is 0 Å². The van der Waals surface area contributed by atoms with Gasteiger partial charge in [0.25, 0.3) is 0 Å². The molecule has 3 rings (SSSR count). The molecule has 1 aromatic carbocycles. The van der Waals surface area contributed by atoms with Crippen molar-refractivity contribution in [2.45, 2.75) is 25.7 Å². The molecule has 2 fully saturated rings. The first-order valence-electron chi connectivity index (χ1n) is 9.47. The Morgan fingerprint density at radius 3 is 2.69 bits per heavy atom. The van der Waals surface area contributed by atoms with Gasteiger partial charge in [-0.3, -0.25) is 14.4 Å². The maximum absolute atomic E-state index is 12.9. The number of carbonyl (C=O) groups excluding carboxylic acids is 3. The van der Waals surface area contributed by atoms with Crippen LogP contribution in [0.1, 0.15) is 24.8 Å². The van der Waals surface area contributed by atoms with Gasteiger partial charge in [-0.15, -0.1) is 0 Å². The van der Waals surface area contributed by atoms with E-state index in [-0.39, 0.29) is 17.7 Å². The molecule has 0 N–H and O–H groups in total. The highest BCUT2D eigenvalue weighted by atomic mass is 16.2. The molecule has 0 unspecified atom stereocenters. The molecule has 3 amide bonds. The summed E-state index contributed by atoms with van der Waals surface area (Å²) >= 11 is 0. The number of amides is 3. The third-order valence-corrected chi connectivity index (χ3v) is 5.35. The fourth-order valence-electron chi connectivity index (χ4n) is 3.76. The van der Waals surface area contributed by atoms with Gasteiger partial charge < -0.3 is 14.7 Å². The van der Waals surface area contributed by atoms with E-state index in [1.807, 2.05) is 28.0 Å². The highest BCUT2D eigenvalue weighted by Crippen LogP contribution is 2.21. The van der Waals surface area contributed by atoms with E-state index in [1.165, 1.54) is 5.56 Å². The van der Waals surface area contributed by atoms with E-state index in [2.05, 4.69) is 12.1 Å². The fraction of sp³-hybridized carbons (Fsp3) is 0.550. The summed E-state index contributed by atoms with van der Waals surface area (Å²) in [7, 11) is 0. The van der Waals surface area contributed by atoms with Crippen molar-refractivity contribution in [2.75, 3.05) is 39.3 Å². The van der Waals surface area contributed by atoms with E-state index in [0.29, 0.717) is 52.1 Å². The summed E-state index contributed by atoms with van der Waals surface area (Å²) in [5, 5.41) is 0. The average Bonchev–Trinajstić information content (AvgIpc) is 2.93. The van der Waals surface area contributed by atoms with Crippen LogP contribution < -0.4 is 0 Å². The molecule has 6 heteroatoms. The predicted molar refractivity (Wildman–Crippen MR) is 98.3 cm³/mol. The second-order valence-corrected chi connectivity index (χ2v) is 7.13. The molecule has 0 bridgehead atoms. The van der Waals surface area contributed by atoms with E-state index in [0.717, 1.165) is 19.3 Å². The molecular weight excluding hydrogens is 330 g/mol. The number of hydrogen-bond acceptors (Lipinski definition) is 3. The number of carbonyl (C=O) groups is 3. The van der Waals surface area contributed by atoms with Crippen LogP contribution in [0.4, 0.5) is 0 Å². The molecule has 2 saturated heterocycles. The number of nitrogens with zero attached hydrogens (tertiary/aromatic N) is 3. The van der Waals surface area contributed by atoms with Crippen LogP contribution in [-0.4, -0.2) is 72.2 Å². The standard InChI is InChI=1S/C20H27N3O3/c24-16-21-10-4-11-22(14-13-21)20(26)18-7-8-19(25)23(15-18)12-9-17-5-2-1-3-6-17/h1-3,5-6,16,18H,4,7-15H2/t18-/m0/s1. The molecule has 1 aromatic rings. The Bertz CT molecular complexity index is 634. The molecule has 1 atom stereocenters. The van der Waals surface area contributed by atoms with Crippen molar-refractivity contribution < 1.29 is 14.4 Å². The Balaban J connectivity index is 1.55. The van der Waals surface area contributed by atoms with Crippen LogP contribution in [0.3, 0.4) is 0 Å². The van der Waals surface area contributed by atoms with Crippen LogP contribution >= 0.6 is 0 Å². The first kappa shape index (κ1) is 18.4. The minimum absolute atomic E-state index is 0.119. The first-order chi connectivity index (χ1) is 12.7. The van der Waals surface area contributed by atoms with Gasteiger partial charge in [-0.25, -0.2) is 0 Å². The number of benzene rings is 1. The van der Waals surface area contributed by atoms with Gasteiger partial charge in [0, 0.05) is 45.7 Å². The zero-order chi connectivity index (χ0) is 18.4. The summed E-state index contributed by atoms with van der Waals surface area (Å²) < 4.78 is 0. The summed E-state index contributed by atoms with van der Waals surface area (Å²) in [5.74, 6) is 0.161. The van der Waals surface area contributed by atoms with Crippen molar-refractivity contribution in [1.82, 2.24) is 14.7 Å². The van der Waals surface area contributed by atoms with Crippen molar-refractivity contribution in [1.29, 1.82) is 0 Å². The van der Waals surface area contributed by atoms with Crippen LogP contribution in [0.5, 0.6) is 0 Å². The smallest absolute Gasteiger partial charge is 0.227 e. The van der Waals surface area contributed by atoms with Crippen LogP contribution in [0.2, 0.25) is 0 Å². The largest absolute Gasteiger partial charge is 0.343 e. The van der Waals surface area contributed by atoms with Crippen LogP contribution in [0, 0.1) is 5.92 Å². The second-order valence-electron chi connectivity index (χ2n) is 7.13. The summed E-state index contributed by atoms with van der Waals surface area (Å²) in [5.41, 5.74) is 1.20. The Morgan fingerprint density at radius 2 is 1.92 bits per heavy atom. The molecule has 2 aliphatic heterocycles. The van der Waals surface area contributed by atoms with Crippen molar-refractivity contribution >= 4 is 18.2 Å². The molecule has 0 aliphatic carbocycles.